The number of ether oxygens (including phenoxy) is 3. The number of hydrogen-bond acceptors (Lipinski definition) is 7. The van der Waals surface area contributed by atoms with E-state index < -0.39 is 0 Å². The molecule has 0 atom stereocenters. The first-order chi connectivity index (χ1) is 8.80. The Morgan fingerprint density at radius 2 is 1.83 bits per heavy atom. The highest BCUT2D eigenvalue weighted by Crippen LogP contribution is 2.12. The van der Waals surface area contributed by atoms with E-state index in [-0.39, 0.29) is 12.0 Å². The van der Waals surface area contributed by atoms with Crippen LogP contribution in [-0.4, -0.2) is 48.9 Å². The third kappa shape index (κ3) is 5.13. The molecule has 0 spiro atoms. The van der Waals surface area contributed by atoms with Crippen LogP contribution in [0.3, 0.4) is 0 Å². The predicted octanol–water partition coefficient (Wildman–Crippen LogP) is 1.12. The molecule has 1 rings (SSSR count). The fourth-order valence-electron chi connectivity index (χ4n) is 1.18. The lowest BCUT2D eigenvalue weighted by Crippen LogP contribution is -2.10. The molecule has 1 aromatic heterocycles. The normalized spacial score (nSPS) is 10.2. The molecule has 0 aliphatic rings. The number of methoxy groups -OCH3 is 2. The zero-order valence-corrected chi connectivity index (χ0v) is 11.1. The van der Waals surface area contributed by atoms with Crippen molar-refractivity contribution in [3.05, 3.63) is 0 Å². The van der Waals surface area contributed by atoms with Crippen LogP contribution >= 0.6 is 0 Å². The molecule has 0 radical (unpaired) electrons. The Balaban J connectivity index is 2.58. The quantitative estimate of drug-likeness (QED) is 0.663. The average molecular weight is 256 g/mol. The lowest BCUT2D eigenvalue weighted by atomic mass is 10.5. The van der Waals surface area contributed by atoms with E-state index in [1.54, 1.807) is 7.11 Å². The van der Waals surface area contributed by atoms with Crippen LogP contribution in [0.1, 0.15) is 19.8 Å². The smallest absolute Gasteiger partial charge is 0.324 e. The molecule has 1 N–H and O–H groups in total. The van der Waals surface area contributed by atoms with Crippen LogP contribution in [0.25, 0.3) is 0 Å². The van der Waals surface area contributed by atoms with Crippen LogP contribution in [0.4, 0.5) is 5.95 Å². The SMILES string of the molecule is CCCNc1nc(OC)nc(OCCCOC)n1. The molecule has 0 unspecified atom stereocenters. The first kappa shape index (κ1) is 14.4. The van der Waals surface area contributed by atoms with Crippen LogP contribution in [0.2, 0.25) is 0 Å². The van der Waals surface area contributed by atoms with Gasteiger partial charge in [0.2, 0.25) is 5.95 Å². The second kappa shape index (κ2) is 8.46. The van der Waals surface area contributed by atoms with E-state index in [1.165, 1.54) is 7.11 Å². The van der Waals surface area contributed by atoms with Gasteiger partial charge in [-0.15, -0.1) is 4.98 Å². The molecule has 1 aromatic rings. The fourth-order valence-corrected chi connectivity index (χ4v) is 1.18. The van der Waals surface area contributed by atoms with Crippen molar-refractivity contribution in [1.82, 2.24) is 15.0 Å². The van der Waals surface area contributed by atoms with Gasteiger partial charge in [0.15, 0.2) is 0 Å². The highest BCUT2D eigenvalue weighted by Gasteiger charge is 2.07. The third-order valence-corrected chi connectivity index (χ3v) is 2.03. The topological polar surface area (TPSA) is 78.4 Å². The van der Waals surface area contributed by atoms with Gasteiger partial charge < -0.3 is 19.5 Å². The van der Waals surface area contributed by atoms with Gasteiger partial charge in [-0.2, -0.15) is 9.97 Å². The Labute approximate surface area is 107 Å². The first-order valence-corrected chi connectivity index (χ1v) is 5.95. The number of nitrogens with one attached hydrogen (secondary N) is 1. The molecule has 0 bridgehead atoms. The van der Waals surface area contributed by atoms with Crippen LogP contribution in [0.5, 0.6) is 12.0 Å². The zero-order chi connectivity index (χ0) is 13.2. The lowest BCUT2D eigenvalue weighted by molar-refractivity contribution is 0.168. The lowest BCUT2D eigenvalue weighted by Gasteiger charge is -2.08. The molecule has 1 heterocycles. The molecule has 0 aliphatic heterocycles. The van der Waals surface area contributed by atoms with Gasteiger partial charge in [-0.1, -0.05) is 6.92 Å². The summed E-state index contributed by atoms with van der Waals surface area (Å²) >= 11 is 0. The summed E-state index contributed by atoms with van der Waals surface area (Å²) in [5, 5.41) is 3.06. The van der Waals surface area contributed by atoms with Crippen molar-refractivity contribution in [2.24, 2.45) is 0 Å². The van der Waals surface area contributed by atoms with E-state index in [2.05, 4.69) is 27.2 Å². The Bertz CT molecular complexity index is 349. The largest absolute Gasteiger partial charge is 0.467 e. The van der Waals surface area contributed by atoms with Crippen molar-refractivity contribution in [3.8, 4) is 12.0 Å². The number of rotatable bonds is 9. The number of nitrogens with zero attached hydrogens (tertiary/aromatic N) is 3. The van der Waals surface area contributed by atoms with Gasteiger partial charge in [0, 0.05) is 26.7 Å². The van der Waals surface area contributed by atoms with Gasteiger partial charge in [-0.3, -0.25) is 0 Å². The number of hydrogen-bond donors (Lipinski definition) is 1. The highest BCUT2D eigenvalue weighted by atomic mass is 16.5. The standard InChI is InChI=1S/C11H20N4O3/c1-4-6-12-9-13-10(17-3)15-11(14-9)18-8-5-7-16-2/h4-8H2,1-3H3,(H,12,13,14,15). The summed E-state index contributed by atoms with van der Waals surface area (Å²) in [5.74, 6) is 0.463. The highest BCUT2D eigenvalue weighted by molar-refractivity contribution is 5.27. The molecule has 7 nitrogen and oxygen atoms in total. The van der Waals surface area contributed by atoms with E-state index in [1.807, 2.05) is 0 Å². The maximum absolute atomic E-state index is 5.41. The molecule has 0 amide bonds. The molecule has 18 heavy (non-hydrogen) atoms. The van der Waals surface area contributed by atoms with Gasteiger partial charge in [0.1, 0.15) is 0 Å². The van der Waals surface area contributed by atoms with Gasteiger partial charge in [0.05, 0.1) is 13.7 Å². The van der Waals surface area contributed by atoms with Crippen molar-refractivity contribution >= 4 is 5.95 Å². The summed E-state index contributed by atoms with van der Waals surface area (Å²) in [6.07, 6.45) is 1.76. The summed E-state index contributed by atoms with van der Waals surface area (Å²) in [6.45, 7) is 3.99. The van der Waals surface area contributed by atoms with Crippen molar-refractivity contribution in [2.75, 3.05) is 39.3 Å². The Morgan fingerprint density at radius 3 is 2.50 bits per heavy atom. The molecular weight excluding hydrogens is 236 g/mol. The minimum atomic E-state index is 0.241. The molecule has 102 valence electrons. The Hall–Kier alpha value is -1.63. The summed E-state index contributed by atoms with van der Waals surface area (Å²) in [4.78, 5) is 12.2. The van der Waals surface area contributed by atoms with Gasteiger partial charge in [-0.05, 0) is 6.42 Å². The second-order valence-electron chi connectivity index (χ2n) is 3.55. The number of aromatic nitrogens is 3. The predicted molar refractivity (Wildman–Crippen MR) is 67.1 cm³/mol. The van der Waals surface area contributed by atoms with E-state index >= 15 is 0 Å². The molecule has 0 fully saturated rings. The summed E-state index contributed by atoms with van der Waals surface area (Å²) in [7, 11) is 3.16. The van der Waals surface area contributed by atoms with Gasteiger partial charge in [0.25, 0.3) is 0 Å². The molecule has 0 saturated heterocycles. The van der Waals surface area contributed by atoms with Gasteiger partial charge >= 0.3 is 12.0 Å². The molecule has 0 aliphatic carbocycles. The maximum atomic E-state index is 5.41. The first-order valence-electron chi connectivity index (χ1n) is 5.95. The molecule has 0 saturated carbocycles. The number of anilines is 1. The molecule has 0 aromatic carbocycles. The monoisotopic (exact) mass is 256 g/mol. The zero-order valence-electron chi connectivity index (χ0n) is 11.1. The Morgan fingerprint density at radius 1 is 1.06 bits per heavy atom. The van der Waals surface area contributed by atoms with Crippen LogP contribution in [0, 0.1) is 0 Å². The summed E-state index contributed by atoms with van der Waals surface area (Å²) in [5.41, 5.74) is 0. The van der Waals surface area contributed by atoms with Gasteiger partial charge in [-0.25, -0.2) is 0 Å². The van der Waals surface area contributed by atoms with Crippen LogP contribution in [-0.2, 0) is 4.74 Å². The molecule has 7 heteroatoms. The van der Waals surface area contributed by atoms with Crippen molar-refractivity contribution in [1.29, 1.82) is 0 Å². The summed E-state index contributed by atoms with van der Waals surface area (Å²) < 4.78 is 15.3. The maximum Gasteiger partial charge on any atom is 0.324 e. The minimum Gasteiger partial charge on any atom is -0.467 e. The van der Waals surface area contributed by atoms with Crippen molar-refractivity contribution in [3.63, 3.8) is 0 Å². The Kier molecular flexibility index (Phi) is 6.78. The van der Waals surface area contributed by atoms with E-state index in [4.69, 9.17) is 14.2 Å². The van der Waals surface area contributed by atoms with Crippen molar-refractivity contribution < 1.29 is 14.2 Å². The fraction of sp³-hybridized carbons (Fsp3) is 0.727. The minimum absolute atomic E-state index is 0.241. The van der Waals surface area contributed by atoms with E-state index in [9.17, 15) is 0 Å². The van der Waals surface area contributed by atoms with E-state index in [0.717, 1.165) is 19.4 Å². The van der Waals surface area contributed by atoms with Crippen molar-refractivity contribution in [2.45, 2.75) is 19.8 Å². The third-order valence-electron chi connectivity index (χ3n) is 2.03. The summed E-state index contributed by atoms with van der Waals surface area (Å²) in [6, 6.07) is 0.502. The molecular formula is C11H20N4O3. The van der Waals surface area contributed by atoms with E-state index in [0.29, 0.717) is 19.2 Å². The average Bonchev–Trinajstić information content (AvgIpc) is 2.41. The van der Waals surface area contributed by atoms with Crippen LogP contribution < -0.4 is 14.8 Å². The second-order valence-corrected chi connectivity index (χ2v) is 3.55. The van der Waals surface area contributed by atoms with Crippen LogP contribution in [0.15, 0.2) is 0 Å².